The first-order valence-electron chi connectivity index (χ1n) is 12.9. The fraction of sp³-hybridized carbons (Fsp3) is 0.500. The molecule has 1 unspecified atom stereocenters. The Morgan fingerprint density at radius 2 is 1.84 bits per heavy atom. The number of benzene rings is 1. The van der Waals surface area contributed by atoms with Crippen LogP contribution in [0.3, 0.4) is 0 Å². The summed E-state index contributed by atoms with van der Waals surface area (Å²) in [7, 11) is 0. The fourth-order valence-corrected chi connectivity index (χ4v) is 4.78. The van der Waals surface area contributed by atoms with Crippen LogP contribution in [0, 0.1) is 5.41 Å². The highest BCUT2D eigenvalue weighted by Gasteiger charge is 2.39. The SMILES string of the molecule is CC(C)(C)OC(=O)N1CCC(C)(C(=O)Nc2cc(OC3CCc4cc(C(=O)NO)ccc4C3)ccn2)CC1. The normalized spacial score (nSPS) is 18.7. The van der Waals surface area contributed by atoms with Crippen molar-refractivity contribution in [3.63, 3.8) is 0 Å². The molecule has 3 amide bonds. The smallest absolute Gasteiger partial charge is 0.410 e. The van der Waals surface area contributed by atoms with Gasteiger partial charge >= 0.3 is 6.09 Å². The Kier molecular flexibility index (Phi) is 7.91. The van der Waals surface area contributed by atoms with E-state index in [0.29, 0.717) is 49.5 Å². The number of carbonyl (C=O) groups is 3. The van der Waals surface area contributed by atoms with Gasteiger partial charge in [0.1, 0.15) is 23.3 Å². The number of piperidine rings is 1. The van der Waals surface area contributed by atoms with E-state index in [0.717, 1.165) is 24.0 Å². The van der Waals surface area contributed by atoms with E-state index in [1.807, 2.05) is 33.8 Å². The highest BCUT2D eigenvalue weighted by atomic mass is 16.6. The van der Waals surface area contributed by atoms with Crippen LogP contribution < -0.4 is 15.5 Å². The summed E-state index contributed by atoms with van der Waals surface area (Å²) in [6.45, 7) is 8.31. The van der Waals surface area contributed by atoms with Crippen molar-refractivity contribution >= 4 is 23.7 Å². The first-order valence-corrected chi connectivity index (χ1v) is 12.9. The van der Waals surface area contributed by atoms with Crippen LogP contribution >= 0.6 is 0 Å². The number of nitrogens with zero attached hydrogens (tertiary/aromatic N) is 2. The number of hydrogen-bond donors (Lipinski definition) is 3. The summed E-state index contributed by atoms with van der Waals surface area (Å²) in [5.41, 5.74) is 3.07. The summed E-state index contributed by atoms with van der Waals surface area (Å²) >= 11 is 0. The lowest BCUT2D eigenvalue weighted by Crippen LogP contribution is -2.48. The average Bonchev–Trinajstić information content (AvgIpc) is 2.87. The van der Waals surface area contributed by atoms with Gasteiger partial charge in [0.2, 0.25) is 5.91 Å². The minimum Gasteiger partial charge on any atom is -0.490 e. The van der Waals surface area contributed by atoms with Gasteiger partial charge in [0.15, 0.2) is 0 Å². The lowest BCUT2D eigenvalue weighted by atomic mass is 9.79. The molecule has 10 heteroatoms. The zero-order chi connectivity index (χ0) is 27.5. The minimum absolute atomic E-state index is 0.0549. The number of anilines is 1. The van der Waals surface area contributed by atoms with E-state index in [2.05, 4.69) is 10.3 Å². The van der Waals surface area contributed by atoms with Crippen molar-refractivity contribution in [3.8, 4) is 5.75 Å². The maximum atomic E-state index is 13.2. The fourth-order valence-electron chi connectivity index (χ4n) is 4.78. The molecule has 4 rings (SSSR count). The Labute approximate surface area is 222 Å². The van der Waals surface area contributed by atoms with Crippen LogP contribution in [0.2, 0.25) is 0 Å². The molecular weight excluding hydrogens is 488 g/mol. The van der Waals surface area contributed by atoms with Crippen LogP contribution in [0.4, 0.5) is 10.6 Å². The topological polar surface area (TPSA) is 130 Å². The Morgan fingerprint density at radius 1 is 1.11 bits per heavy atom. The lowest BCUT2D eigenvalue weighted by molar-refractivity contribution is -0.127. The number of likely N-dealkylation sites (tertiary alicyclic amines) is 1. The van der Waals surface area contributed by atoms with Crippen LogP contribution in [-0.4, -0.2) is 57.8 Å². The van der Waals surface area contributed by atoms with Gasteiger partial charge in [0, 0.05) is 37.3 Å². The van der Waals surface area contributed by atoms with Crippen LogP contribution in [0.5, 0.6) is 5.75 Å². The van der Waals surface area contributed by atoms with Crippen LogP contribution in [0.25, 0.3) is 0 Å². The van der Waals surface area contributed by atoms with Crippen molar-refractivity contribution in [1.82, 2.24) is 15.4 Å². The average molecular weight is 525 g/mol. The van der Waals surface area contributed by atoms with Crippen molar-refractivity contribution in [1.29, 1.82) is 0 Å². The number of carbonyl (C=O) groups excluding carboxylic acids is 3. The number of hydroxylamine groups is 1. The number of rotatable bonds is 5. The minimum atomic E-state index is -0.629. The van der Waals surface area contributed by atoms with Gasteiger partial charge in [-0.1, -0.05) is 13.0 Å². The Morgan fingerprint density at radius 3 is 2.53 bits per heavy atom. The van der Waals surface area contributed by atoms with Crippen molar-refractivity contribution in [2.24, 2.45) is 5.41 Å². The first kappa shape index (κ1) is 27.4. The molecule has 0 bridgehead atoms. The second-order valence-corrected chi connectivity index (χ2v) is 11.3. The molecule has 1 aromatic carbocycles. The van der Waals surface area contributed by atoms with Gasteiger partial charge in [-0.2, -0.15) is 0 Å². The standard InChI is InChI=1S/C28H36N4O6/c1-27(2,3)38-26(35)32-13-10-28(4,11-14-32)25(34)30-23-17-22(9-12-29-23)37-21-8-7-18-15-20(24(33)31-36)6-5-19(18)16-21/h5-6,9,12,15,17,21,36H,7-8,10-11,13-14,16H2,1-4H3,(H,31,33)(H,29,30,34). The molecule has 1 saturated heterocycles. The van der Waals surface area contributed by atoms with Crippen molar-refractivity contribution in [2.45, 2.75) is 71.5 Å². The molecule has 2 aliphatic rings. The second-order valence-electron chi connectivity index (χ2n) is 11.3. The van der Waals surface area contributed by atoms with E-state index >= 15 is 0 Å². The number of fused-ring (bicyclic) bond motifs is 1. The number of aromatic nitrogens is 1. The van der Waals surface area contributed by atoms with Gasteiger partial charge < -0.3 is 19.7 Å². The number of amides is 3. The molecule has 1 aromatic heterocycles. The molecule has 1 fully saturated rings. The number of nitrogens with one attached hydrogen (secondary N) is 2. The Balaban J connectivity index is 1.33. The van der Waals surface area contributed by atoms with Crippen LogP contribution in [-0.2, 0) is 22.4 Å². The summed E-state index contributed by atoms with van der Waals surface area (Å²) in [6, 6.07) is 8.87. The molecule has 1 atom stereocenters. The number of aryl methyl sites for hydroxylation is 1. The van der Waals surface area contributed by atoms with E-state index in [9.17, 15) is 14.4 Å². The van der Waals surface area contributed by atoms with Gasteiger partial charge in [-0.05, 0) is 75.8 Å². The molecule has 1 aliphatic carbocycles. The van der Waals surface area contributed by atoms with Gasteiger partial charge in [0.05, 0.1) is 5.41 Å². The monoisotopic (exact) mass is 524 g/mol. The second kappa shape index (κ2) is 11.0. The zero-order valence-corrected chi connectivity index (χ0v) is 22.4. The first-order chi connectivity index (χ1) is 18.0. The summed E-state index contributed by atoms with van der Waals surface area (Å²) in [4.78, 5) is 43.1. The van der Waals surface area contributed by atoms with Gasteiger partial charge in [-0.15, -0.1) is 0 Å². The van der Waals surface area contributed by atoms with Gasteiger partial charge in [0.25, 0.3) is 5.91 Å². The van der Waals surface area contributed by atoms with Crippen LogP contribution in [0.15, 0.2) is 36.5 Å². The van der Waals surface area contributed by atoms with E-state index < -0.39 is 16.9 Å². The number of ether oxygens (including phenoxy) is 2. The molecule has 2 aromatic rings. The van der Waals surface area contributed by atoms with Crippen molar-refractivity contribution < 1.29 is 29.1 Å². The van der Waals surface area contributed by atoms with E-state index in [1.165, 1.54) is 0 Å². The highest BCUT2D eigenvalue weighted by molar-refractivity contribution is 5.94. The quantitative estimate of drug-likeness (QED) is 0.396. The zero-order valence-electron chi connectivity index (χ0n) is 22.4. The summed E-state index contributed by atoms with van der Waals surface area (Å²) in [5.74, 6) is 0.365. The maximum absolute atomic E-state index is 13.2. The molecule has 38 heavy (non-hydrogen) atoms. The molecule has 204 valence electrons. The van der Waals surface area contributed by atoms with Crippen molar-refractivity contribution in [2.75, 3.05) is 18.4 Å². The molecule has 10 nitrogen and oxygen atoms in total. The number of hydrogen-bond acceptors (Lipinski definition) is 7. The van der Waals surface area contributed by atoms with E-state index in [4.69, 9.17) is 14.7 Å². The third kappa shape index (κ3) is 6.61. The molecular formula is C28H36N4O6. The van der Waals surface area contributed by atoms with Gasteiger partial charge in [-0.25, -0.2) is 15.3 Å². The van der Waals surface area contributed by atoms with Crippen molar-refractivity contribution in [3.05, 3.63) is 53.2 Å². The predicted molar refractivity (Wildman–Crippen MR) is 140 cm³/mol. The molecule has 3 N–H and O–H groups in total. The van der Waals surface area contributed by atoms with E-state index in [1.54, 1.807) is 40.8 Å². The van der Waals surface area contributed by atoms with Gasteiger partial charge in [-0.3, -0.25) is 14.8 Å². The molecule has 0 spiro atoms. The molecule has 1 aliphatic heterocycles. The third-order valence-electron chi connectivity index (χ3n) is 7.10. The van der Waals surface area contributed by atoms with Crippen LogP contribution in [0.1, 0.15) is 68.4 Å². The Bertz CT molecular complexity index is 1200. The third-order valence-corrected chi connectivity index (χ3v) is 7.10. The predicted octanol–water partition coefficient (Wildman–Crippen LogP) is 4.11. The summed E-state index contributed by atoms with van der Waals surface area (Å²) in [6.07, 6.45) is 4.46. The largest absolute Gasteiger partial charge is 0.490 e. The molecule has 2 heterocycles. The van der Waals surface area contributed by atoms with E-state index in [-0.39, 0.29) is 18.1 Å². The number of pyridine rings is 1. The lowest BCUT2D eigenvalue weighted by Gasteiger charge is -2.38. The highest BCUT2D eigenvalue weighted by Crippen LogP contribution is 2.33. The summed E-state index contributed by atoms with van der Waals surface area (Å²) < 4.78 is 11.7. The molecule has 0 radical (unpaired) electrons. The Hall–Kier alpha value is -3.66. The summed E-state index contributed by atoms with van der Waals surface area (Å²) in [5, 5.41) is 11.8. The maximum Gasteiger partial charge on any atom is 0.410 e. The molecule has 0 saturated carbocycles.